The number of aromatic nitrogens is 1. The van der Waals surface area contributed by atoms with Crippen molar-refractivity contribution in [2.75, 3.05) is 25.0 Å². The van der Waals surface area contributed by atoms with E-state index in [4.69, 9.17) is 0 Å². The number of pyridine rings is 1. The summed E-state index contributed by atoms with van der Waals surface area (Å²) in [6.07, 6.45) is 4.64. The predicted octanol–water partition coefficient (Wildman–Crippen LogP) is 2.54. The lowest BCUT2D eigenvalue weighted by Gasteiger charge is -2.27. The molecular formula is C16H28Cl2N4O. The van der Waals surface area contributed by atoms with Crippen molar-refractivity contribution in [3.05, 3.63) is 23.9 Å². The van der Waals surface area contributed by atoms with Crippen molar-refractivity contribution in [2.45, 2.75) is 39.2 Å². The summed E-state index contributed by atoms with van der Waals surface area (Å²) in [5, 5.41) is 9.67. The Morgan fingerprint density at radius 1 is 1.35 bits per heavy atom. The summed E-state index contributed by atoms with van der Waals surface area (Å²) in [4.78, 5) is 16.3. The molecule has 0 bridgehead atoms. The van der Waals surface area contributed by atoms with Gasteiger partial charge in [-0.15, -0.1) is 24.8 Å². The molecule has 1 saturated heterocycles. The normalized spacial score (nSPS) is 19.9. The van der Waals surface area contributed by atoms with Gasteiger partial charge in [-0.25, -0.2) is 4.98 Å². The average molecular weight is 363 g/mol. The van der Waals surface area contributed by atoms with Gasteiger partial charge in [0.05, 0.1) is 0 Å². The zero-order valence-electron chi connectivity index (χ0n) is 13.8. The summed E-state index contributed by atoms with van der Waals surface area (Å²) in [7, 11) is 0. The third-order valence-corrected chi connectivity index (χ3v) is 3.86. The molecule has 1 aliphatic rings. The van der Waals surface area contributed by atoms with Crippen LogP contribution < -0.4 is 16.0 Å². The molecule has 0 saturated carbocycles. The first-order chi connectivity index (χ1) is 10.1. The highest BCUT2D eigenvalue weighted by atomic mass is 35.5. The average Bonchev–Trinajstić information content (AvgIpc) is 2.48. The SMILES string of the molecule is Cc1ccc(NCCCNC(=O)[C@H]2CCN[C@@H](C)C2)nc1.Cl.Cl. The standard InChI is InChI=1S/C16H26N4O.2ClH/c1-12-4-5-15(20-11-12)18-7-3-8-19-16(21)14-6-9-17-13(2)10-14;;/h4-5,11,13-14,17H,3,6-10H2,1-2H3,(H,18,20)(H,19,21);2*1H/t13-,14-;;/m0../s1. The Labute approximate surface area is 151 Å². The van der Waals surface area contributed by atoms with Crippen LogP contribution in [0.15, 0.2) is 18.3 Å². The lowest BCUT2D eigenvalue weighted by molar-refractivity contribution is -0.126. The van der Waals surface area contributed by atoms with Crippen LogP contribution >= 0.6 is 24.8 Å². The second kappa shape index (κ2) is 11.5. The number of hydrogen-bond donors (Lipinski definition) is 3. The number of hydrogen-bond acceptors (Lipinski definition) is 4. The number of amides is 1. The highest BCUT2D eigenvalue weighted by Gasteiger charge is 2.23. The van der Waals surface area contributed by atoms with Gasteiger partial charge in [0.2, 0.25) is 5.91 Å². The lowest BCUT2D eigenvalue weighted by Crippen LogP contribution is -2.42. The number of nitrogens with zero attached hydrogens (tertiary/aromatic N) is 1. The van der Waals surface area contributed by atoms with Gasteiger partial charge >= 0.3 is 0 Å². The summed E-state index contributed by atoms with van der Waals surface area (Å²) >= 11 is 0. The van der Waals surface area contributed by atoms with E-state index in [2.05, 4.69) is 27.9 Å². The highest BCUT2D eigenvalue weighted by Crippen LogP contribution is 2.15. The smallest absolute Gasteiger partial charge is 0.223 e. The minimum Gasteiger partial charge on any atom is -0.370 e. The highest BCUT2D eigenvalue weighted by molar-refractivity contribution is 5.85. The van der Waals surface area contributed by atoms with Crippen LogP contribution in [0.3, 0.4) is 0 Å². The fourth-order valence-electron chi connectivity index (χ4n) is 2.60. The summed E-state index contributed by atoms with van der Waals surface area (Å²) in [6, 6.07) is 4.46. The van der Waals surface area contributed by atoms with Gasteiger partial charge in [-0.05, 0) is 51.3 Å². The number of rotatable bonds is 6. The van der Waals surface area contributed by atoms with E-state index in [-0.39, 0.29) is 36.6 Å². The number of carbonyl (C=O) groups is 1. The van der Waals surface area contributed by atoms with Crippen LogP contribution in [0.25, 0.3) is 0 Å². The van der Waals surface area contributed by atoms with Gasteiger partial charge in [-0.2, -0.15) is 0 Å². The topological polar surface area (TPSA) is 66.0 Å². The zero-order chi connectivity index (χ0) is 15.1. The van der Waals surface area contributed by atoms with E-state index in [0.717, 1.165) is 50.3 Å². The van der Waals surface area contributed by atoms with E-state index in [9.17, 15) is 4.79 Å². The van der Waals surface area contributed by atoms with Gasteiger partial charge < -0.3 is 16.0 Å². The molecular weight excluding hydrogens is 335 g/mol. The first-order valence-electron chi connectivity index (χ1n) is 7.83. The van der Waals surface area contributed by atoms with Crippen LogP contribution in [0.1, 0.15) is 31.7 Å². The Hall–Kier alpha value is -1.04. The molecule has 5 nitrogen and oxygen atoms in total. The Morgan fingerprint density at radius 3 is 2.78 bits per heavy atom. The van der Waals surface area contributed by atoms with Gasteiger partial charge in [-0.3, -0.25) is 4.79 Å². The van der Waals surface area contributed by atoms with Crippen LogP contribution in [0, 0.1) is 12.8 Å². The van der Waals surface area contributed by atoms with Crippen LogP contribution in [0.2, 0.25) is 0 Å². The third kappa shape index (κ3) is 7.86. The Kier molecular flexibility index (Phi) is 11.0. The second-order valence-corrected chi connectivity index (χ2v) is 5.87. The minimum atomic E-state index is 0. The van der Waals surface area contributed by atoms with Gasteiger partial charge in [0.25, 0.3) is 0 Å². The Morgan fingerprint density at radius 2 is 2.13 bits per heavy atom. The van der Waals surface area contributed by atoms with Gasteiger partial charge in [0.15, 0.2) is 0 Å². The molecule has 1 aromatic rings. The zero-order valence-corrected chi connectivity index (χ0v) is 15.4. The first-order valence-corrected chi connectivity index (χ1v) is 7.83. The molecule has 132 valence electrons. The van der Waals surface area contributed by atoms with E-state index < -0.39 is 0 Å². The summed E-state index contributed by atoms with van der Waals surface area (Å²) in [5.41, 5.74) is 1.16. The molecule has 0 radical (unpaired) electrons. The van der Waals surface area contributed by atoms with Gasteiger partial charge in [-0.1, -0.05) is 6.07 Å². The Bertz CT molecular complexity index is 456. The molecule has 1 fully saturated rings. The molecule has 2 rings (SSSR count). The molecule has 23 heavy (non-hydrogen) atoms. The molecule has 7 heteroatoms. The number of aryl methyl sites for hydroxylation is 1. The number of anilines is 1. The molecule has 0 aromatic carbocycles. The van der Waals surface area contributed by atoms with Crippen molar-refractivity contribution < 1.29 is 4.79 Å². The monoisotopic (exact) mass is 362 g/mol. The lowest BCUT2D eigenvalue weighted by atomic mass is 9.92. The van der Waals surface area contributed by atoms with Gasteiger partial charge in [0, 0.05) is 31.2 Å². The Balaban J connectivity index is 0.00000242. The van der Waals surface area contributed by atoms with E-state index in [1.807, 2.05) is 25.3 Å². The molecule has 3 N–H and O–H groups in total. The van der Waals surface area contributed by atoms with Crippen LogP contribution in [0.4, 0.5) is 5.82 Å². The fraction of sp³-hybridized carbons (Fsp3) is 0.625. The van der Waals surface area contributed by atoms with Crippen molar-refractivity contribution in [2.24, 2.45) is 5.92 Å². The van der Waals surface area contributed by atoms with Crippen LogP contribution in [-0.4, -0.2) is 36.6 Å². The number of carbonyl (C=O) groups excluding carboxylic acids is 1. The maximum atomic E-state index is 12.0. The number of nitrogens with one attached hydrogen (secondary N) is 3. The van der Waals surface area contributed by atoms with Crippen molar-refractivity contribution in [1.82, 2.24) is 15.6 Å². The molecule has 2 atom stereocenters. The van der Waals surface area contributed by atoms with E-state index >= 15 is 0 Å². The van der Waals surface area contributed by atoms with Gasteiger partial charge in [0.1, 0.15) is 5.82 Å². The maximum Gasteiger partial charge on any atom is 0.223 e. The van der Waals surface area contributed by atoms with E-state index in [1.54, 1.807) is 0 Å². The van der Waals surface area contributed by atoms with Crippen LogP contribution in [-0.2, 0) is 4.79 Å². The van der Waals surface area contributed by atoms with Crippen molar-refractivity contribution in [1.29, 1.82) is 0 Å². The second-order valence-electron chi connectivity index (χ2n) is 5.87. The minimum absolute atomic E-state index is 0. The maximum absolute atomic E-state index is 12.0. The fourth-order valence-corrected chi connectivity index (χ4v) is 2.60. The number of piperidine rings is 1. The summed E-state index contributed by atoms with van der Waals surface area (Å²) in [6.45, 7) is 6.64. The predicted molar refractivity (Wildman–Crippen MR) is 99.8 cm³/mol. The number of halogens is 2. The molecule has 1 aromatic heterocycles. The summed E-state index contributed by atoms with van der Waals surface area (Å²) in [5.74, 6) is 1.27. The van der Waals surface area contributed by atoms with Crippen molar-refractivity contribution >= 4 is 36.5 Å². The molecule has 0 spiro atoms. The molecule has 0 unspecified atom stereocenters. The molecule has 2 heterocycles. The van der Waals surface area contributed by atoms with Crippen LogP contribution in [0.5, 0.6) is 0 Å². The summed E-state index contributed by atoms with van der Waals surface area (Å²) < 4.78 is 0. The van der Waals surface area contributed by atoms with Crippen molar-refractivity contribution in [3.8, 4) is 0 Å². The molecule has 0 aliphatic carbocycles. The molecule has 1 amide bonds. The third-order valence-electron chi connectivity index (χ3n) is 3.86. The first kappa shape index (κ1) is 22.0. The largest absolute Gasteiger partial charge is 0.370 e. The molecule has 1 aliphatic heterocycles. The van der Waals surface area contributed by atoms with E-state index in [1.165, 1.54) is 0 Å². The van der Waals surface area contributed by atoms with Crippen molar-refractivity contribution in [3.63, 3.8) is 0 Å². The van der Waals surface area contributed by atoms with E-state index in [0.29, 0.717) is 6.04 Å². The quantitative estimate of drug-likeness (QED) is 0.680.